The van der Waals surface area contributed by atoms with E-state index in [2.05, 4.69) is 5.32 Å². The molecule has 0 saturated carbocycles. The molecule has 6 nitrogen and oxygen atoms in total. The molecule has 23 heavy (non-hydrogen) atoms. The number of amides is 1. The fourth-order valence-electron chi connectivity index (χ4n) is 2.74. The summed E-state index contributed by atoms with van der Waals surface area (Å²) in [6.07, 6.45) is 0. The Bertz CT molecular complexity index is 658. The van der Waals surface area contributed by atoms with Crippen LogP contribution in [-0.4, -0.2) is 57.4 Å². The van der Waals surface area contributed by atoms with Crippen molar-refractivity contribution in [3.63, 3.8) is 0 Å². The van der Waals surface area contributed by atoms with E-state index in [-0.39, 0.29) is 16.8 Å². The summed E-state index contributed by atoms with van der Waals surface area (Å²) in [4.78, 5) is 12.9. The SMILES string of the molecule is CCNC(=O)[C@H](C)[NH+]1CCN(S(=O)(=O)c2cccc(F)c2)CC1. The van der Waals surface area contributed by atoms with E-state index in [0.29, 0.717) is 32.7 Å². The summed E-state index contributed by atoms with van der Waals surface area (Å²) in [7, 11) is -3.68. The van der Waals surface area contributed by atoms with E-state index >= 15 is 0 Å². The second-order valence-electron chi connectivity index (χ2n) is 5.64. The zero-order chi connectivity index (χ0) is 17.0. The van der Waals surface area contributed by atoms with E-state index in [0.717, 1.165) is 11.0 Å². The summed E-state index contributed by atoms with van der Waals surface area (Å²) in [6, 6.07) is 4.82. The highest BCUT2D eigenvalue weighted by atomic mass is 32.2. The number of hydrogen-bond donors (Lipinski definition) is 2. The maximum Gasteiger partial charge on any atom is 0.278 e. The minimum absolute atomic E-state index is 0.0241. The number of rotatable bonds is 5. The molecule has 128 valence electrons. The second kappa shape index (κ2) is 7.37. The predicted octanol–water partition coefficient (Wildman–Crippen LogP) is -0.760. The summed E-state index contributed by atoms with van der Waals surface area (Å²) < 4.78 is 39.7. The van der Waals surface area contributed by atoms with Gasteiger partial charge in [0, 0.05) is 6.54 Å². The first-order valence-corrected chi connectivity index (χ1v) is 9.18. The lowest BCUT2D eigenvalue weighted by Crippen LogP contribution is -3.19. The second-order valence-corrected chi connectivity index (χ2v) is 7.57. The molecule has 1 aromatic rings. The molecular weight excluding hydrogens is 321 g/mol. The number of carbonyl (C=O) groups is 1. The molecule has 1 amide bonds. The van der Waals surface area contributed by atoms with Crippen molar-refractivity contribution in [3.8, 4) is 0 Å². The summed E-state index contributed by atoms with van der Waals surface area (Å²) >= 11 is 0. The quantitative estimate of drug-likeness (QED) is 0.738. The highest BCUT2D eigenvalue weighted by Crippen LogP contribution is 2.16. The number of quaternary nitrogens is 1. The molecule has 0 unspecified atom stereocenters. The Morgan fingerprint density at radius 1 is 1.39 bits per heavy atom. The number of halogens is 1. The third kappa shape index (κ3) is 4.07. The third-order valence-corrected chi connectivity index (χ3v) is 6.05. The van der Waals surface area contributed by atoms with Crippen LogP contribution < -0.4 is 10.2 Å². The van der Waals surface area contributed by atoms with E-state index in [9.17, 15) is 17.6 Å². The van der Waals surface area contributed by atoms with Crippen molar-refractivity contribution in [2.24, 2.45) is 0 Å². The molecule has 1 aliphatic rings. The first-order valence-electron chi connectivity index (χ1n) is 7.74. The maximum absolute atomic E-state index is 13.3. The van der Waals surface area contributed by atoms with Crippen LogP contribution in [0.1, 0.15) is 13.8 Å². The highest BCUT2D eigenvalue weighted by Gasteiger charge is 2.34. The molecule has 8 heteroatoms. The summed E-state index contributed by atoms with van der Waals surface area (Å²) in [6.45, 7) is 6.02. The number of nitrogens with zero attached hydrogens (tertiary/aromatic N) is 1. The third-order valence-electron chi connectivity index (χ3n) is 4.16. The number of piperazine rings is 1. The van der Waals surface area contributed by atoms with E-state index in [4.69, 9.17) is 0 Å². The van der Waals surface area contributed by atoms with Gasteiger partial charge in [0.15, 0.2) is 6.04 Å². The van der Waals surface area contributed by atoms with E-state index in [1.807, 2.05) is 13.8 Å². The average Bonchev–Trinajstić information content (AvgIpc) is 2.54. The van der Waals surface area contributed by atoms with Gasteiger partial charge in [-0.2, -0.15) is 4.31 Å². The summed E-state index contributed by atoms with van der Waals surface area (Å²) in [5, 5.41) is 2.78. The molecule has 0 radical (unpaired) electrons. The topological polar surface area (TPSA) is 70.9 Å². The Morgan fingerprint density at radius 2 is 2.04 bits per heavy atom. The van der Waals surface area contributed by atoms with Gasteiger partial charge in [-0.3, -0.25) is 4.79 Å². The largest absolute Gasteiger partial charge is 0.351 e. The number of likely N-dealkylation sites (N-methyl/N-ethyl adjacent to an activating group) is 1. The molecule has 0 spiro atoms. The van der Waals surface area contributed by atoms with Crippen LogP contribution in [0.5, 0.6) is 0 Å². The molecule has 1 saturated heterocycles. The molecule has 2 N–H and O–H groups in total. The average molecular weight is 344 g/mol. The van der Waals surface area contributed by atoms with Crippen LogP contribution in [0, 0.1) is 5.82 Å². The molecule has 1 aromatic carbocycles. The van der Waals surface area contributed by atoms with E-state index in [1.165, 1.54) is 22.5 Å². The van der Waals surface area contributed by atoms with Crippen molar-refractivity contribution in [2.75, 3.05) is 32.7 Å². The fourth-order valence-corrected chi connectivity index (χ4v) is 4.21. The summed E-state index contributed by atoms with van der Waals surface area (Å²) in [5.41, 5.74) is 0. The van der Waals surface area contributed by atoms with Gasteiger partial charge in [-0.1, -0.05) is 6.07 Å². The summed E-state index contributed by atoms with van der Waals surface area (Å²) in [5.74, 6) is -0.593. The van der Waals surface area contributed by atoms with Crippen LogP contribution in [0.2, 0.25) is 0 Å². The molecule has 0 bridgehead atoms. The van der Waals surface area contributed by atoms with Crippen LogP contribution in [0.15, 0.2) is 29.2 Å². The van der Waals surface area contributed by atoms with Gasteiger partial charge in [-0.25, -0.2) is 12.8 Å². The van der Waals surface area contributed by atoms with Crippen molar-refractivity contribution < 1.29 is 22.5 Å². The van der Waals surface area contributed by atoms with Gasteiger partial charge in [0.1, 0.15) is 5.82 Å². The van der Waals surface area contributed by atoms with Crippen molar-refractivity contribution in [1.29, 1.82) is 0 Å². The van der Waals surface area contributed by atoms with Crippen molar-refractivity contribution >= 4 is 15.9 Å². The monoisotopic (exact) mass is 344 g/mol. The lowest BCUT2D eigenvalue weighted by molar-refractivity contribution is -0.917. The van der Waals surface area contributed by atoms with Gasteiger partial charge in [0.05, 0.1) is 31.1 Å². The van der Waals surface area contributed by atoms with Crippen LogP contribution in [0.25, 0.3) is 0 Å². The van der Waals surface area contributed by atoms with Gasteiger partial charge in [0.2, 0.25) is 10.0 Å². The van der Waals surface area contributed by atoms with Crippen LogP contribution >= 0.6 is 0 Å². The minimum atomic E-state index is -3.68. The Kier molecular flexibility index (Phi) is 5.72. The Morgan fingerprint density at radius 3 is 2.61 bits per heavy atom. The zero-order valence-electron chi connectivity index (χ0n) is 13.4. The molecule has 1 fully saturated rings. The number of benzene rings is 1. The van der Waals surface area contributed by atoms with E-state index in [1.54, 1.807) is 0 Å². The maximum atomic E-state index is 13.3. The van der Waals surface area contributed by atoms with Crippen LogP contribution in [-0.2, 0) is 14.8 Å². The van der Waals surface area contributed by atoms with Gasteiger partial charge in [0.25, 0.3) is 5.91 Å². The zero-order valence-corrected chi connectivity index (χ0v) is 14.2. The number of carbonyl (C=O) groups excluding carboxylic acids is 1. The fraction of sp³-hybridized carbons (Fsp3) is 0.533. The Balaban J connectivity index is 2.02. The Labute approximate surface area is 136 Å². The molecule has 1 heterocycles. The number of nitrogens with one attached hydrogen (secondary N) is 2. The highest BCUT2D eigenvalue weighted by molar-refractivity contribution is 7.89. The van der Waals surface area contributed by atoms with Crippen molar-refractivity contribution in [3.05, 3.63) is 30.1 Å². The van der Waals surface area contributed by atoms with Gasteiger partial charge in [-0.15, -0.1) is 0 Å². The molecule has 0 aliphatic carbocycles. The smallest absolute Gasteiger partial charge is 0.278 e. The van der Waals surface area contributed by atoms with Crippen molar-refractivity contribution in [2.45, 2.75) is 24.8 Å². The van der Waals surface area contributed by atoms with Crippen molar-refractivity contribution in [1.82, 2.24) is 9.62 Å². The minimum Gasteiger partial charge on any atom is -0.351 e. The lowest BCUT2D eigenvalue weighted by atomic mass is 10.2. The normalized spacial score (nSPS) is 18.6. The van der Waals surface area contributed by atoms with E-state index < -0.39 is 15.8 Å². The molecule has 0 aromatic heterocycles. The first-order chi connectivity index (χ1) is 10.9. The number of sulfonamides is 1. The van der Waals surface area contributed by atoms with Crippen LogP contribution in [0.4, 0.5) is 4.39 Å². The lowest BCUT2D eigenvalue weighted by Gasteiger charge is -2.34. The standard InChI is InChI=1S/C15H22FN3O3S/c1-3-17-15(20)12(2)18-7-9-19(10-8-18)23(21,22)14-6-4-5-13(16)11-14/h4-6,11-12H,3,7-10H2,1-2H3,(H,17,20)/p+1/t12-/m0/s1. The predicted molar refractivity (Wildman–Crippen MR) is 84.0 cm³/mol. The first kappa shape index (κ1) is 17.8. The Hall–Kier alpha value is -1.51. The van der Waals surface area contributed by atoms with Gasteiger partial charge in [-0.05, 0) is 32.0 Å². The molecule has 1 aliphatic heterocycles. The molecule has 1 atom stereocenters. The number of hydrogen-bond acceptors (Lipinski definition) is 3. The van der Waals surface area contributed by atoms with Gasteiger partial charge >= 0.3 is 0 Å². The molecular formula is C15H23FN3O3S+. The van der Waals surface area contributed by atoms with Crippen LogP contribution in [0.3, 0.4) is 0 Å². The molecule has 2 rings (SSSR count). The van der Waals surface area contributed by atoms with Gasteiger partial charge < -0.3 is 10.2 Å².